The van der Waals surface area contributed by atoms with Crippen LogP contribution in [0.1, 0.15) is 138 Å². The molecule has 0 aliphatic heterocycles. The van der Waals surface area contributed by atoms with E-state index in [4.69, 9.17) is 0 Å². The van der Waals surface area contributed by atoms with Crippen LogP contribution >= 0.6 is 0 Å². The summed E-state index contributed by atoms with van der Waals surface area (Å²) in [6.45, 7) is 14.6. The van der Waals surface area contributed by atoms with Gasteiger partial charge in [0.1, 0.15) is 0 Å². The zero-order chi connectivity index (χ0) is 18.3. The molecule has 0 radical (unpaired) electrons. The van der Waals surface area contributed by atoms with E-state index in [1.54, 1.807) is 0 Å². The molecular weight excluding hydrogens is 288 g/mol. The fourth-order valence-electron chi connectivity index (χ4n) is 4.59. The molecule has 0 heteroatoms. The van der Waals surface area contributed by atoms with Gasteiger partial charge in [-0.05, 0) is 30.1 Å². The molecule has 0 saturated carbocycles. The van der Waals surface area contributed by atoms with Crippen molar-refractivity contribution in [2.75, 3.05) is 0 Å². The summed E-state index contributed by atoms with van der Waals surface area (Å²) in [5.74, 6) is 1.65. The van der Waals surface area contributed by atoms with Gasteiger partial charge in [0.2, 0.25) is 0 Å². The SMILES string of the molecule is CCCCCCCCCC(CCCCCCCC)(C(C)C)C(C)C. The maximum Gasteiger partial charge on any atom is -0.0251 e. The lowest BCUT2D eigenvalue weighted by Gasteiger charge is -2.42. The molecule has 0 atom stereocenters. The Hall–Kier alpha value is 0. The number of hydrogen-bond donors (Lipinski definition) is 0. The fraction of sp³-hybridized carbons (Fsp3) is 1.00. The van der Waals surface area contributed by atoms with Crippen molar-refractivity contribution in [2.24, 2.45) is 17.3 Å². The first-order chi connectivity index (χ1) is 11.5. The molecule has 0 amide bonds. The average Bonchev–Trinajstić information content (AvgIpc) is 2.54. The van der Waals surface area contributed by atoms with Crippen molar-refractivity contribution in [3.63, 3.8) is 0 Å². The van der Waals surface area contributed by atoms with Crippen molar-refractivity contribution in [1.29, 1.82) is 0 Å². The van der Waals surface area contributed by atoms with E-state index in [0.717, 1.165) is 11.8 Å². The van der Waals surface area contributed by atoms with Gasteiger partial charge in [-0.1, -0.05) is 125 Å². The first kappa shape index (κ1) is 24.0. The Balaban J connectivity index is 4.20. The summed E-state index contributed by atoms with van der Waals surface area (Å²) in [6.07, 6.45) is 21.6. The van der Waals surface area contributed by atoms with Crippen LogP contribution in [0.5, 0.6) is 0 Å². The Bertz CT molecular complexity index is 243. The van der Waals surface area contributed by atoms with Gasteiger partial charge in [-0.25, -0.2) is 0 Å². The minimum Gasteiger partial charge on any atom is -0.0654 e. The molecule has 0 spiro atoms. The predicted octanol–water partition coefficient (Wildman–Crippen LogP) is 9.18. The fourth-order valence-corrected chi connectivity index (χ4v) is 4.59. The van der Waals surface area contributed by atoms with Gasteiger partial charge in [0.15, 0.2) is 0 Å². The highest BCUT2D eigenvalue weighted by Gasteiger charge is 2.35. The second-order valence-electron chi connectivity index (χ2n) is 8.93. The zero-order valence-corrected chi connectivity index (χ0v) is 18.3. The summed E-state index contributed by atoms with van der Waals surface area (Å²) in [7, 11) is 0. The van der Waals surface area contributed by atoms with Gasteiger partial charge < -0.3 is 0 Å². The van der Waals surface area contributed by atoms with Crippen LogP contribution in [0.4, 0.5) is 0 Å². The van der Waals surface area contributed by atoms with Crippen LogP contribution in [0.15, 0.2) is 0 Å². The molecule has 0 saturated heterocycles. The molecule has 0 unspecified atom stereocenters. The summed E-state index contributed by atoms with van der Waals surface area (Å²) in [6, 6.07) is 0. The van der Waals surface area contributed by atoms with Crippen molar-refractivity contribution < 1.29 is 0 Å². The topological polar surface area (TPSA) is 0 Å². The van der Waals surface area contributed by atoms with Gasteiger partial charge in [0.05, 0.1) is 0 Å². The van der Waals surface area contributed by atoms with Crippen LogP contribution in [0.3, 0.4) is 0 Å². The molecule has 0 heterocycles. The van der Waals surface area contributed by atoms with Crippen LogP contribution in [-0.4, -0.2) is 0 Å². The molecular formula is C24H50. The van der Waals surface area contributed by atoms with Crippen LogP contribution in [0.25, 0.3) is 0 Å². The molecule has 0 aromatic heterocycles. The maximum atomic E-state index is 2.48. The lowest BCUT2D eigenvalue weighted by atomic mass is 9.63. The Morgan fingerprint density at radius 3 is 1.04 bits per heavy atom. The van der Waals surface area contributed by atoms with Crippen molar-refractivity contribution in [3.05, 3.63) is 0 Å². The second-order valence-corrected chi connectivity index (χ2v) is 8.93. The van der Waals surface area contributed by atoms with E-state index in [0.29, 0.717) is 5.41 Å². The van der Waals surface area contributed by atoms with Gasteiger partial charge in [-0.15, -0.1) is 0 Å². The van der Waals surface area contributed by atoms with Crippen molar-refractivity contribution in [1.82, 2.24) is 0 Å². The van der Waals surface area contributed by atoms with Crippen LogP contribution in [-0.2, 0) is 0 Å². The Kier molecular flexibility index (Phi) is 15.3. The Morgan fingerprint density at radius 2 is 0.750 bits per heavy atom. The van der Waals surface area contributed by atoms with Gasteiger partial charge in [-0.3, -0.25) is 0 Å². The lowest BCUT2D eigenvalue weighted by molar-refractivity contribution is 0.0775. The van der Waals surface area contributed by atoms with Crippen LogP contribution in [0.2, 0.25) is 0 Å². The Morgan fingerprint density at radius 1 is 0.458 bits per heavy atom. The van der Waals surface area contributed by atoms with Gasteiger partial charge in [-0.2, -0.15) is 0 Å². The molecule has 0 aromatic rings. The summed E-state index contributed by atoms with van der Waals surface area (Å²) < 4.78 is 0. The number of hydrogen-bond acceptors (Lipinski definition) is 0. The normalized spacial score (nSPS) is 12.5. The minimum atomic E-state index is 0.591. The van der Waals surface area contributed by atoms with Gasteiger partial charge >= 0.3 is 0 Å². The van der Waals surface area contributed by atoms with E-state index < -0.39 is 0 Å². The third-order valence-corrected chi connectivity index (χ3v) is 6.54. The minimum absolute atomic E-state index is 0.591. The molecule has 146 valence electrons. The summed E-state index contributed by atoms with van der Waals surface area (Å²) in [5.41, 5.74) is 0.591. The average molecular weight is 339 g/mol. The predicted molar refractivity (Wildman–Crippen MR) is 113 cm³/mol. The summed E-state index contributed by atoms with van der Waals surface area (Å²) >= 11 is 0. The summed E-state index contributed by atoms with van der Waals surface area (Å²) in [4.78, 5) is 0. The Labute approximate surface area is 155 Å². The van der Waals surface area contributed by atoms with E-state index in [-0.39, 0.29) is 0 Å². The molecule has 0 aliphatic rings. The smallest absolute Gasteiger partial charge is 0.0251 e. The van der Waals surface area contributed by atoms with Crippen molar-refractivity contribution in [2.45, 2.75) is 138 Å². The molecule has 0 fully saturated rings. The highest BCUT2D eigenvalue weighted by atomic mass is 14.4. The monoisotopic (exact) mass is 338 g/mol. The highest BCUT2D eigenvalue weighted by molar-refractivity contribution is 4.85. The molecule has 0 aromatic carbocycles. The number of unbranched alkanes of at least 4 members (excludes halogenated alkanes) is 11. The van der Waals surface area contributed by atoms with E-state index in [1.165, 1.54) is 96.3 Å². The molecule has 0 bridgehead atoms. The number of rotatable bonds is 17. The molecule has 0 N–H and O–H groups in total. The molecule has 0 rings (SSSR count). The molecule has 0 aliphatic carbocycles. The first-order valence-electron chi connectivity index (χ1n) is 11.5. The van der Waals surface area contributed by atoms with E-state index >= 15 is 0 Å². The summed E-state index contributed by atoms with van der Waals surface area (Å²) in [5, 5.41) is 0. The lowest BCUT2D eigenvalue weighted by Crippen LogP contribution is -2.33. The quantitative estimate of drug-likeness (QED) is 0.232. The standard InChI is InChI=1S/C24H50/c1-7-9-11-13-15-17-19-21-24(22(3)4,23(5)6)20-18-16-14-12-10-8-2/h22-23H,7-21H2,1-6H3. The maximum absolute atomic E-state index is 2.48. The third kappa shape index (κ3) is 10.1. The van der Waals surface area contributed by atoms with Crippen LogP contribution < -0.4 is 0 Å². The van der Waals surface area contributed by atoms with Gasteiger partial charge in [0, 0.05) is 0 Å². The molecule has 0 nitrogen and oxygen atoms in total. The molecule has 24 heavy (non-hydrogen) atoms. The van der Waals surface area contributed by atoms with Crippen molar-refractivity contribution >= 4 is 0 Å². The van der Waals surface area contributed by atoms with Crippen LogP contribution in [0, 0.1) is 17.3 Å². The first-order valence-corrected chi connectivity index (χ1v) is 11.5. The largest absolute Gasteiger partial charge is 0.0654 e. The van der Waals surface area contributed by atoms with Gasteiger partial charge in [0.25, 0.3) is 0 Å². The second kappa shape index (κ2) is 15.3. The highest BCUT2D eigenvalue weighted by Crippen LogP contribution is 2.45. The van der Waals surface area contributed by atoms with E-state index in [2.05, 4.69) is 41.5 Å². The van der Waals surface area contributed by atoms with E-state index in [9.17, 15) is 0 Å². The van der Waals surface area contributed by atoms with E-state index in [1.807, 2.05) is 0 Å². The third-order valence-electron chi connectivity index (χ3n) is 6.54. The van der Waals surface area contributed by atoms with Crippen molar-refractivity contribution in [3.8, 4) is 0 Å². The zero-order valence-electron chi connectivity index (χ0n) is 18.3.